The first-order valence-corrected chi connectivity index (χ1v) is 6.31. The molecule has 0 spiro atoms. The third kappa shape index (κ3) is 2.56. The van der Waals surface area contributed by atoms with E-state index in [-0.39, 0.29) is 0 Å². The normalized spacial score (nSPS) is 17.6. The van der Waals surface area contributed by atoms with Crippen LogP contribution in [0.4, 0.5) is 0 Å². The summed E-state index contributed by atoms with van der Waals surface area (Å²) in [6, 6.07) is 5.76. The molecule has 3 N–H and O–H groups in total. The van der Waals surface area contributed by atoms with Crippen molar-refractivity contribution >= 4 is 0 Å². The van der Waals surface area contributed by atoms with Crippen molar-refractivity contribution in [1.29, 1.82) is 0 Å². The van der Waals surface area contributed by atoms with E-state index >= 15 is 0 Å². The zero-order valence-electron chi connectivity index (χ0n) is 9.78. The van der Waals surface area contributed by atoms with Crippen molar-refractivity contribution in [3.05, 3.63) is 29.3 Å². The Morgan fingerprint density at radius 2 is 1.94 bits per heavy atom. The molecule has 2 heteroatoms. The summed E-state index contributed by atoms with van der Waals surface area (Å²) in [5, 5.41) is 9.74. The molecule has 0 radical (unpaired) electrons. The third-order valence-electron chi connectivity index (χ3n) is 3.69. The molecule has 2 rings (SSSR count). The van der Waals surface area contributed by atoms with Crippen molar-refractivity contribution in [2.24, 2.45) is 11.7 Å². The highest BCUT2D eigenvalue weighted by molar-refractivity contribution is 5.39. The van der Waals surface area contributed by atoms with Gasteiger partial charge < -0.3 is 10.8 Å². The lowest BCUT2D eigenvalue weighted by molar-refractivity contribution is 0.355. The molecular weight excluding hydrogens is 198 g/mol. The average Bonchev–Trinajstić information content (AvgIpc) is 2.31. The van der Waals surface area contributed by atoms with Crippen LogP contribution in [-0.4, -0.2) is 5.11 Å². The van der Waals surface area contributed by atoms with Crippen LogP contribution in [0.5, 0.6) is 5.75 Å². The zero-order valence-corrected chi connectivity index (χ0v) is 9.78. The van der Waals surface area contributed by atoms with Gasteiger partial charge in [0.25, 0.3) is 0 Å². The predicted molar refractivity (Wildman–Crippen MR) is 66.3 cm³/mol. The molecule has 1 aromatic rings. The summed E-state index contributed by atoms with van der Waals surface area (Å²) in [6.07, 6.45) is 7.86. The van der Waals surface area contributed by atoms with E-state index in [1.165, 1.54) is 37.7 Å². The quantitative estimate of drug-likeness (QED) is 0.821. The highest BCUT2D eigenvalue weighted by atomic mass is 16.3. The predicted octanol–water partition coefficient (Wildman–Crippen LogP) is 2.97. The maximum absolute atomic E-state index is 9.74. The number of aromatic hydroxyl groups is 1. The zero-order chi connectivity index (χ0) is 11.4. The summed E-state index contributed by atoms with van der Waals surface area (Å²) < 4.78 is 0. The Morgan fingerprint density at radius 1 is 1.19 bits per heavy atom. The third-order valence-corrected chi connectivity index (χ3v) is 3.69. The van der Waals surface area contributed by atoms with Crippen LogP contribution in [0.25, 0.3) is 0 Å². The van der Waals surface area contributed by atoms with E-state index in [1.807, 2.05) is 6.07 Å². The standard InChI is InChI=1S/C14H21NO/c15-10-13-12(7-4-8-14(13)16)9-11-5-2-1-3-6-11/h4,7-8,11,16H,1-3,5-6,9-10,15H2. The summed E-state index contributed by atoms with van der Waals surface area (Å²) in [5.41, 5.74) is 7.88. The second kappa shape index (κ2) is 5.35. The molecule has 0 aromatic heterocycles. The van der Waals surface area contributed by atoms with Crippen molar-refractivity contribution in [3.63, 3.8) is 0 Å². The summed E-state index contributed by atoms with van der Waals surface area (Å²) >= 11 is 0. The minimum absolute atomic E-state index is 0.357. The second-order valence-electron chi connectivity index (χ2n) is 4.83. The molecule has 1 aromatic carbocycles. The minimum Gasteiger partial charge on any atom is -0.508 e. The van der Waals surface area contributed by atoms with Gasteiger partial charge in [0.05, 0.1) is 0 Å². The molecule has 0 heterocycles. The van der Waals surface area contributed by atoms with Crippen molar-refractivity contribution in [2.45, 2.75) is 45.1 Å². The monoisotopic (exact) mass is 219 g/mol. The lowest BCUT2D eigenvalue weighted by Crippen LogP contribution is -2.11. The van der Waals surface area contributed by atoms with Crippen LogP contribution in [0, 0.1) is 5.92 Å². The Labute approximate surface area is 97.5 Å². The molecule has 1 aliphatic carbocycles. The largest absolute Gasteiger partial charge is 0.508 e. The van der Waals surface area contributed by atoms with Crippen molar-refractivity contribution in [3.8, 4) is 5.75 Å². The first-order chi connectivity index (χ1) is 7.81. The number of hydrogen-bond acceptors (Lipinski definition) is 2. The molecular formula is C14H21NO. The van der Waals surface area contributed by atoms with Gasteiger partial charge in [-0.25, -0.2) is 0 Å². The van der Waals surface area contributed by atoms with Gasteiger partial charge in [0.2, 0.25) is 0 Å². The van der Waals surface area contributed by atoms with Crippen LogP contribution in [0.1, 0.15) is 43.2 Å². The van der Waals surface area contributed by atoms with Gasteiger partial charge in [0.15, 0.2) is 0 Å². The maximum atomic E-state index is 9.74. The van der Waals surface area contributed by atoms with Gasteiger partial charge in [-0.3, -0.25) is 0 Å². The van der Waals surface area contributed by atoms with E-state index in [2.05, 4.69) is 6.07 Å². The number of phenols is 1. The summed E-state index contributed by atoms with van der Waals surface area (Å²) in [7, 11) is 0. The van der Waals surface area contributed by atoms with E-state index in [4.69, 9.17) is 5.73 Å². The molecule has 1 fully saturated rings. The number of phenolic OH excluding ortho intramolecular Hbond substituents is 1. The minimum atomic E-state index is 0.357. The molecule has 1 saturated carbocycles. The van der Waals surface area contributed by atoms with E-state index in [0.29, 0.717) is 12.3 Å². The lowest BCUT2D eigenvalue weighted by Gasteiger charge is -2.22. The number of nitrogens with two attached hydrogens (primary N) is 1. The first-order valence-electron chi connectivity index (χ1n) is 6.31. The molecule has 2 nitrogen and oxygen atoms in total. The fourth-order valence-corrected chi connectivity index (χ4v) is 2.75. The Morgan fingerprint density at radius 3 is 2.62 bits per heavy atom. The highest BCUT2D eigenvalue weighted by Crippen LogP contribution is 2.29. The second-order valence-corrected chi connectivity index (χ2v) is 4.83. The van der Waals surface area contributed by atoms with Crippen LogP contribution in [0.3, 0.4) is 0 Å². The van der Waals surface area contributed by atoms with Crippen LogP contribution in [0.15, 0.2) is 18.2 Å². The Balaban J connectivity index is 2.10. The first kappa shape index (κ1) is 11.5. The number of rotatable bonds is 3. The number of hydrogen-bond donors (Lipinski definition) is 2. The van der Waals surface area contributed by atoms with Gasteiger partial charge >= 0.3 is 0 Å². The van der Waals surface area contributed by atoms with Crippen LogP contribution < -0.4 is 5.73 Å². The van der Waals surface area contributed by atoms with Gasteiger partial charge in [-0.1, -0.05) is 44.2 Å². The molecule has 0 unspecified atom stereocenters. The van der Waals surface area contributed by atoms with Gasteiger partial charge in [-0.15, -0.1) is 0 Å². The topological polar surface area (TPSA) is 46.2 Å². The van der Waals surface area contributed by atoms with Gasteiger partial charge in [0.1, 0.15) is 5.75 Å². The smallest absolute Gasteiger partial charge is 0.120 e. The van der Waals surface area contributed by atoms with E-state index < -0.39 is 0 Å². The fourth-order valence-electron chi connectivity index (χ4n) is 2.75. The summed E-state index contributed by atoms with van der Waals surface area (Å²) in [5.74, 6) is 1.15. The summed E-state index contributed by atoms with van der Waals surface area (Å²) in [6.45, 7) is 0.439. The molecule has 0 amide bonds. The van der Waals surface area contributed by atoms with Crippen LogP contribution in [-0.2, 0) is 13.0 Å². The molecule has 0 atom stereocenters. The summed E-state index contributed by atoms with van der Waals surface area (Å²) in [4.78, 5) is 0. The fraction of sp³-hybridized carbons (Fsp3) is 0.571. The van der Waals surface area contributed by atoms with E-state index in [9.17, 15) is 5.11 Å². The van der Waals surface area contributed by atoms with E-state index in [1.54, 1.807) is 6.07 Å². The highest BCUT2D eigenvalue weighted by Gasteiger charge is 2.16. The molecule has 0 aliphatic heterocycles. The molecule has 16 heavy (non-hydrogen) atoms. The van der Waals surface area contributed by atoms with Crippen molar-refractivity contribution in [1.82, 2.24) is 0 Å². The maximum Gasteiger partial charge on any atom is 0.120 e. The van der Waals surface area contributed by atoms with Crippen LogP contribution >= 0.6 is 0 Å². The van der Waals surface area contributed by atoms with E-state index in [0.717, 1.165) is 17.9 Å². The molecule has 0 saturated heterocycles. The van der Waals surface area contributed by atoms with Gasteiger partial charge in [-0.05, 0) is 24.0 Å². The van der Waals surface area contributed by atoms with Crippen molar-refractivity contribution < 1.29 is 5.11 Å². The van der Waals surface area contributed by atoms with Gasteiger partial charge in [-0.2, -0.15) is 0 Å². The molecule has 88 valence electrons. The van der Waals surface area contributed by atoms with Crippen LogP contribution in [0.2, 0.25) is 0 Å². The number of benzene rings is 1. The molecule has 1 aliphatic rings. The Bertz CT molecular complexity index is 343. The van der Waals surface area contributed by atoms with Gasteiger partial charge in [0, 0.05) is 12.1 Å². The SMILES string of the molecule is NCc1c(O)cccc1CC1CCCCC1. The Kier molecular flexibility index (Phi) is 3.83. The lowest BCUT2D eigenvalue weighted by atomic mass is 9.84. The molecule has 0 bridgehead atoms. The van der Waals surface area contributed by atoms with Crippen molar-refractivity contribution in [2.75, 3.05) is 0 Å². The average molecular weight is 219 g/mol. The Hall–Kier alpha value is -1.02.